The Morgan fingerprint density at radius 3 is 2.60 bits per heavy atom. The average Bonchev–Trinajstić information content (AvgIpc) is 2.45. The Balaban J connectivity index is 1.84. The SMILES string of the molecule is Cc1cc(N2CCN(C(=O)OCC(C)C)CC2)ncn1. The van der Waals surface area contributed by atoms with Crippen molar-refractivity contribution in [2.45, 2.75) is 20.8 Å². The molecule has 1 saturated heterocycles. The summed E-state index contributed by atoms with van der Waals surface area (Å²) in [5.41, 5.74) is 0.953. The van der Waals surface area contributed by atoms with Gasteiger partial charge in [0.15, 0.2) is 0 Å². The van der Waals surface area contributed by atoms with Crippen molar-refractivity contribution in [1.29, 1.82) is 0 Å². The fourth-order valence-electron chi connectivity index (χ4n) is 2.06. The number of carbonyl (C=O) groups is 1. The van der Waals surface area contributed by atoms with Crippen molar-refractivity contribution in [1.82, 2.24) is 14.9 Å². The zero-order chi connectivity index (χ0) is 14.5. The van der Waals surface area contributed by atoms with Crippen LogP contribution in [0.1, 0.15) is 19.5 Å². The first-order chi connectivity index (χ1) is 9.56. The highest BCUT2D eigenvalue weighted by Crippen LogP contribution is 2.14. The van der Waals surface area contributed by atoms with Gasteiger partial charge in [0.2, 0.25) is 0 Å². The lowest BCUT2D eigenvalue weighted by Gasteiger charge is -2.34. The second-order valence-electron chi connectivity index (χ2n) is 5.46. The number of hydrogen-bond acceptors (Lipinski definition) is 5. The zero-order valence-corrected chi connectivity index (χ0v) is 12.4. The van der Waals surface area contributed by atoms with Crippen LogP contribution in [0.15, 0.2) is 12.4 Å². The number of anilines is 1. The van der Waals surface area contributed by atoms with Gasteiger partial charge in [-0.25, -0.2) is 14.8 Å². The van der Waals surface area contributed by atoms with Gasteiger partial charge >= 0.3 is 6.09 Å². The average molecular weight is 278 g/mol. The van der Waals surface area contributed by atoms with E-state index in [4.69, 9.17) is 4.74 Å². The maximum Gasteiger partial charge on any atom is 0.409 e. The van der Waals surface area contributed by atoms with Gasteiger partial charge in [-0.3, -0.25) is 0 Å². The highest BCUT2D eigenvalue weighted by Gasteiger charge is 2.23. The molecule has 1 fully saturated rings. The largest absolute Gasteiger partial charge is 0.449 e. The molecule has 1 aromatic rings. The summed E-state index contributed by atoms with van der Waals surface area (Å²) < 4.78 is 5.25. The van der Waals surface area contributed by atoms with Gasteiger partial charge in [0.1, 0.15) is 12.1 Å². The number of carbonyl (C=O) groups excluding carboxylic acids is 1. The van der Waals surface area contributed by atoms with Crippen LogP contribution in [-0.4, -0.2) is 53.7 Å². The van der Waals surface area contributed by atoms with Gasteiger partial charge in [-0.1, -0.05) is 13.8 Å². The van der Waals surface area contributed by atoms with Crippen molar-refractivity contribution in [2.75, 3.05) is 37.7 Å². The molecule has 1 aliphatic heterocycles. The number of hydrogen-bond donors (Lipinski definition) is 0. The minimum atomic E-state index is -0.211. The van der Waals surface area contributed by atoms with Crippen LogP contribution in [0.5, 0.6) is 0 Å². The van der Waals surface area contributed by atoms with E-state index in [1.54, 1.807) is 11.2 Å². The quantitative estimate of drug-likeness (QED) is 0.842. The molecule has 0 N–H and O–H groups in total. The van der Waals surface area contributed by atoms with Gasteiger partial charge in [-0.2, -0.15) is 0 Å². The number of rotatable bonds is 3. The minimum Gasteiger partial charge on any atom is -0.449 e. The summed E-state index contributed by atoms with van der Waals surface area (Å²) in [7, 11) is 0. The highest BCUT2D eigenvalue weighted by atomic mass is 16.6. The van der Waals surface area contributed by atoms with Gasteiger partial charge in [0.25, 0.3) is 0 Å². The van der Waals surface area contributed by atoms with Crippen LogP contribution in [0, 0.1) is 12.8 Å². The minimum absolute atomic E-state index is 0.211. The molecular weight excluding hydrogens is 256 g/mol. The number of aryl methyl sites for hydroxylation is 1. The van der Waals surface area contributed by atoms with Crippen LogP contribution in [0.4, 0.5) is 10.6 Å². The Labute approximate surface area is 119 Å². The molecule has 20 heavy (non-hydrogen) atoms. The lowest BCUT2D eigenvalue weighted by atomic mass is 10.2. The standard InChI is InChI=1S/C14H22N4O2/c1-11(2)9-20-14(19)18-6-4-17(5-7-18)13-8-12(3)15-10-16-13/h8,10-11H,4-7,9H2,1-3H3. The summed E-state index contributed by atoms with van der Waals surface area (Å²) >= 11 is 0. The number of ether oxygens (including phenoxy) is 1. The van der Waals surface area contributed by atoms with E-state index in [1.165, 1.54) is 0 Å². The van der Waals surface area contributed by atoms with Crippen molar-refractivity contribution in [2.24, 2.45) is 5.92 Å². The molecular formula is C14H22N4O2. The van der Waals surface area contributed by atoms with Crippen LogP contribution >= 0.6 is 0 Å². The number of aromatic nitrogens is 2. The molecule has 1 aliphatic rings. The van der Waals surface area contributed by atoms with Crippen molar-refractivity contribution in [3.8, 4) is 0 Å². The van der Waals surface area contributed by atoms with Gasteiger partial charge in [-0.15, -0.1) is 0 Å². The van der Waals surface area contributed by atoms with Gasteiger partial charge in [0, 0.05) is 37.9 Å². The molecule has 2 rings (SSSR count). The summed E-state index contributed by atoms with van der Waals surface area (Å²) in [5.74, 6) is 1.29. The normalized spacial score (nSPS) is 15.6. The molecule has 2 heterocycles. The number of piperazine rings is 1. The van der Waals surface area contributed by atoms with Gasteiger partial charge < -0.3 is 14.5 Å². The third-order valence-electron chi connectivity index (χ3n) is 3.19. The molecule has 0 atom stereocenters. The summed E-state index contributed by atoms with van der Waals surface area (Å²) in [6.45, 7) is 9.36. The van der Waals surface area contributed by atoms with Crippen molar-refractivity contribution >= 4 is 11.9 Å². The summed E-state index contributed by atoms with van der Waals surface area (Å²) in [4.78, 5) is 24.2. The molecule has 6 nitrogen and oxygen atoms in total. The molecule has 1 amide bonds. The molecule has 6 heteroatoms. The van der Waals surface area contributed by atoms with Crippen molar-refractivity contribution in [3.63, 3.8) is 0 Å². The van der Waals surface area contributed by atoms with Gasteiger partial charge in [0.05, 0.1) is 6.61 Å². The Bertz CT molecular complexity index is 456. The molecule has 110 valence electrons. The third kappa shape index (κ3) is 3.82. The maximum atomic E-state index is 11.9. The molecule has 0 bridgehead atoms. The predicted octanol–water partition coefficient (Wildman–Crippen LogP) is 1.70. The molecule has 0 unspecified atom stereocenters. The molecule has 0 spiro atoms. The maximum absolute atomic E-state index is 11.9. The lowest BCUT2D eigenvalue weighted by molar-refractivity contribution is 0.0901. The molecule has 1 aromatic heterocycles. The monoisotopic (exact) mass is 278 g/mol. The van der Waals surface area contributed by atoms with E-state index in [-0.39, 0.29) is 6.09 Å². The van der Waals surface area contributed by atoms with Crippen LogP contribution < -0.4 is 4.90 Å². The van der Waals surface area contributed by atoms with Crippen LogP contribution in [-0.2, 0) is 4.74 Å². The highest BCUT2D eigenvalue weighted by molar-refractivity contribution is 5.68. The topological polar surface area (TPSA) is 58.6 Å². The lowest BCUT2D eigenvalue weighted by Crippen LogP contribution is -2.49. The molecule has 0 aliphatic carbocycles. The summed E-state index contributed by atoms with van der Waals surface area (Å²) in [6, 6.07) is 1.97. The van der Waals surface area contributed by atoms with E-state index in [1.807, 2.05) is 26.8 Å². The Morgan fingerprint density at radius 1 is 1.30 bits per heavy atom. The smallest absolute Gasteiger partial charge is 0.409 e. The van der Waals surface area contributed by atoms with Crippen LogP contribution in [0.2, 0.25) is 0 Å². The van der Waals surface area contributed by atoms with E-state index in [9.17, 15) is 4.79 Å². The fourth-order valence-corrected chi connectivity index (χ4v) is 2.06. The summed E-state index contributed by atoms with van der Waals surface area (Å²) in [5, 5.41) is 0. The Hall–Kier alpha value is -1.85. The first-order valence-electron chi connectivity index (χ1n) is 7.01. The third-order valence-corrected chi connectivity index (χ3v) is 3.19. The zero-order valence-electron chi connectivity index (χ0n) is 12.4. The first kappa shape index (κ1) is 14.6. The first-order valence-corrected chi connectivity index (χ1v) is 7.01. The van der Waals surface area contributed by atoms with E-state index < -0.39 is 0 Å². The van der Waals surface area contributed by atoms with Crippen LogP contribution in [0.3, 0.4) is 0 Å². The van der Waals surface area contributed by atoms with E-state index in [0.29, 0.717) is 25.6 Å². The summed E-state index contributed by atoms with van der Waals surface area (Å²) in [6.07, 6.45) is 1.37. The van der Waals surface area contributed by atoms with E-state index in [2.05, 4.69) is 14.9 Å². The fraction of sp³-hybridized carbons (Fsp3) is 0.643. The Kier molecular flexibility index (Phi) is 4.76. The molecule has 0 saturated carbocycles. The van der Waals surface area contributed by atoms with Gasteiger partial charge in [-0.05, 0) is 12.8 Å². The number of nitrogens with zero attached hydrogens (tertiary/aromatic N) is 4. The van der Waals surface area contributed by atoms with Crippen molar-refractivity contribution < 1.29 is 9.53 Å². The number of amides is 1. The van der Waals surface area contributed by atoms with Crippen molar-refractivity contribution in [3.05, 3.63) is 18.1 Å². The molecule has 0 aromatic carbocycles. The second kappa shape index (κ2) is 6.54. The van der Waals surface area contributed by atoms with E-state index in [0.717, 1.165) is 24.6 Å². The van der Waals surface area contributed by atoms with E-state index >= 15 is 0 Å². The predicted molar refractivity (Wildman–Crippen MR) is 76.7 cm³/mol. The second-order valence-corrected chi connectivity index (χ2v) is 5.46. The van der Waals surface area contributed by atoms with Crippen LogP contribution in [0.25, 0.3) is 0 Å². The Morgan fingerprint density at radius 2 is 2.00 bits per heavy atom. The molecule has 0 radical (unpaired) electrons.